The van der Waals surface area contributed by atoms with Crippen molar-refractivity contribution in [2.75, 3.05) is 18.9 Å². The molecule has 0 heterocycles. The van der Waals surface area contributed by atoms with Gasteiger partial charge >= 0.3 is 0 Å². The summed E-state index contributed by atoms with van der Waals surface area (Å²) in [4.78, 5) is 12.0. The maximum atomic E-state index is 13.5. The van der Waals surface area contributed by atoms with E-state index in [0.29, 0.717) is 18.0 Å². The lowest BCUT2D eigenvalue weighted by Gasteiger charge is -2.10. The van der Waals surface area contributed by atoms with Crippen molar-refractivity contribution in [1.82, 2.24) is 5.32 Å². The second-order valence-electron chi connectivity index (χ2n) is 5.06. The van der Waals surface area contributed by atoms with Crippen LogP contribution in [0.15, 0.2) is 18.2 Å². The van der Waals surface area contributed by atoms with Crippen molar-refractivity contribution >= 4 is 11.6 Å². The SMILES string of the molecule is CNc1c(F)cccc1C(=O)NCCCCC(C)C. The molecule has 0 radical (unpaired) electrons. The van der Waals surface area contributed by atoms with E-state index in [1.807, 2.05) is 0 Å². The van der Waals surface area contributed by atoms with Gasteiger partial charge in [-0.05, 0) is 24.5 Å². The van der Waals surface area contributed by atoms with Gasteiger partial charge in [0.2, 0.25) is 0 Å². The number of halogens is 1. The van der Waals surface area contributed by atoms with Crippen LogP contribution in [0, 0.1) is 11.7 Å². The van der Waals surface area contributed by atoms with Gasteiger partial charge in [0.25, 0.3) is 5.91 Å². The Labute approximate surface area is 114 Å². The minimum Gasteiger partial charge on any atom is -0.385 e. The highest BCUT2D eigenvalue weighted by atomic mass is 19.1. The Bertz CT molecular complexity index is 419. The first-order valence-corrected chi connectivity index (χ1v) is 6.80. The molecular formula is C15H23FN2O. The Hall–Kier alpha value is -1.58. The van der Waals surface area contributed by atoms with Gasteiger partial charge in [-0.25, -0.2) is 4.39 Å². The molecule has 0 saturated carbocycles. The Kier molecular flexibility index (Phi) is 6.33. The summed E-state index contributed by atoms with van der Waals surface area (Å²) in [5, 5.41) is 5.55. The standard InChI is InChI=1S/C15H23FN2O/c1-11(2)7-4-5-10-18-15(19)12-8-6-9-13(16)14(12)17-3/h6,8-9,11,17H,4-5,7,10H2,1-3H3,(H,18,19). The number of hydrogen-bond donors (Lipinski definition) is 2. The fourth-order valence-corrected chi connectivity index (χ4v) is 1.94. The van der Waals surface area contributed by atoms with Crippen molar-refractivity contribution < 1.29 is 9.18 Å². The normalized spacial score (nSPS) is 10.6. The van der Waals surface area contributed by atoms with Gasteiger partial charge in [0.15, 0.2) is 0 Å². The van der Waals surface area contributed by atoms with Crippen LogP contribution in [0.5, 0.6) is 0 Å². The number of hydrogen-bond acceptors (Lipinski definition) is 2. The molecule has 4 heteroatoms. The maximum absolute atomic E-state index is 13.5. The predicted octanol–water partition coefficient (Wildman–Crippen LogP) is 3.42. The summed E-state index contributed by atoms with van der Waals surface area (Å²) in [5.41, 5.74) is 0.605. The number of anilines is 1. The molecule has 0 spiro atoms. The van der Waals surface area contributed by atoms with Crippen LogP contribution < -0.4 is 10.6 Å². The number of unbranched alkanes of at least 4 members (excludes halogenated alkanes) is 1. The van der Waals surface area contributed by atoms with E-state index in [-0.39, 0.29) is 11.6 Å². The molecule has 1 aromatic carbocycles. The number of rotatable bonds is 7. The molecular weight excluding hydrogens is 243 g/mol. The van der Waals surface area contributed by atoms with Crippen LogP contribution in [0.3, 0.4) is 0 Å². The second kappa shape index (κ2) is 7.77. The van der Waals surface area contributed by atoms with Gasteiger partial charge in [-0.1, -0.05) is 32.8 Å². The van der Waals surface area contributed by atoms with Gasteiger partial charge in [-0.3, -0.25) is 4.79 Å². The van der Waals surface area contributed by atoms with E-state index in [0.717, 1.165) is 19.3 Å². The molecule has 0 aliphatic carbocycles. The van der Waals surface area contributed by atoms with Gasteiger partial charge < -0.3 is 10.6 Å². The Morgan fingerprint density at radius 2 is 2.05 bits per heavy atom. The van der Waals surface area contributed by atoms with Gasteiger partial charge in [0, 0.05) is 13.6 Å². The zero-order valence-corrected chi connectivity index (χ0v) is 11.9. The highest BCUT2D eigenvalue weighted by Crippen LogP contribution is 2.18. The van der Waals surface area contributed by atoms with E-state index < -0.39 is 5.82 Å². The molecule has 0 fully saturated rings. The summed E-state index contributed by atoms with van der Waals surface area (Å²) in [6.07, 6.45) is 3.21. The van der Waals surface area contributed by atoms with Crippen LogP contribution >= 0.6 is 0 Å². The number of carbonyl (C=O) groups excluding carboxylic acids is 1. The summed E-state index contributed by atoms with van der Waals surface area (Å²) < 4.78 is 13.5. The molecule has 1 rings (SSSR count). The number of carbonyl (C=O) groups is 1. The molecule has 2 N–H and O–H groups in total. The Morgan fingerprint density at radius 3 is 2.68 bits per heavy atom. The summed E-state index contributed by atoms with van der Waals surface area (Å²) in [6.45, 7) is 5.00. The third-order valence-electron chi connectivity index (χ3n) is 3.00. The van der Waals surface area contributed by atoms with Crippen LogP contribution in [0.25, 0.3) is 0 Å². The summed E-state index contributed by atoms with van der Waals surface area (Å²) in [5.74, 6) is 0.0539. The fourth-order valence-electron chi connectivity index (χ4n) is 1.94. The molecule has 106 valence electrons. The maximum Gasteiger partial charge on any atom is 0.253 e. The van der Waals surface area contributed by atoms with Crippen LogP contribution in [0.2, 0.25) is 0 Å². The highest BCUT2D eigenvalue weighted by Gasteiger charge is 2.13. The molecule has 0 unspecified atom stereocenters. The third-order valence-corrected chi connectivity index (χ3v) is 3.00. The number of benzene rings is 1. The summed E-state index contributed by atoms with van der Waals surface area (Å²) in [7, 11) is 1.61. The molecule has 0 bridgehead atoms. The Morgan fingerprint density at radius 1 is 1.32 bits per heavy atom. The van der Waals surface area contributed by atoms with E-state index in [1.54, 1.807) is 19.2 Å². The predicted molar refractivity (Wildman–Crippen MR) is 77.0 cm³/mol. The lowest BCUT2D eigenvalue weighted by molar-refractivity contribution is 0.0953. The zero-order valence-electron chi connectivity index (χ0n) is 11.9. The molecule has 0 saturated heterocycles. The van der Waals surface area contributed by atoms with Crippen molar-refractivity contribution in [2.45, 2.75) is 33.1 Å². The zero-order chi connectivity index (χ0) is 14.3. The van der Waals surface area contributed by atoms with Gasteiger partial charge in [0.05, 0.1) is 11.3 Å². The van der Waals surface area contributed by atoms with Crippen molar-refractivity contribution in [3.63, 3.8) is 0 Å². The minimum atomic E-state index is -0.407. The molecule has 3 nitrogen and oxygen atoms in total. The number of nitrogens with one attached hydrogen (secondary N) is 2. The van der Waals surface area contributed by atoms with Crippen molar-refractivity contribution in [2.24, 2.45) is 5.92 Å². The van der Waals surface area contributed by atoms with E-state index in [1.165, 1.54) is 6.07 Å². The van der Waals surface area contributed by atoms with Gasteiger partial charge in [0.1, 0.15) is 5.82 Å². The summed E-state index contributed by atoms with van der Waals surface area (Å²) in [6, 6.07) is 4.51. The van der Waals surface area contributed by atoms with Crippen molar-refractivity contribution in [1.29, 1.82) is 0 Å². The third kappa shape index (κ3) is 4.89. The average Bonchev–Trinajstić information content (AvgIpc) is 2.37. The molecule has 1 aromatic rings. The van der Waals surface area contributed by atoms with Gasteiger partial charge in [-0.15, -0.1) is 0 Å². The number of amides is 1. The minimum absolute atomic E-state index is 0.228. The first-order valence-electron chi connectivity index (χ1n) is 6.80. The monoisotopic (exact) mass is 266 g/mol. The smallest absolute Gasteiger partial charge is 0.253 e. The molecule has 19 heavy (non-hydrogen) atoms. The van der Waals surface area contributed by atoms with E-state index in [2.05, 4.69) is 24.5 Å². The summed E-state index contributed by atoms with van der Waals surface area (Å²) >= 11 is 0. The van der Waals surface area contributed by atoms with Crippen LogP contribution in [-0.2, 0) is 0 Å². The van der Waals surface area contributed by atoms with E-state index in [9.17, 15) is 9.18 Å². The average molecular weight is 266 g/mol. The van der Waals surface area contributed by atoms with Crippen LogP contribution in [0.4, 0.5) is 10.1 Å². The highest BCUT2D eigenvalue weighted by molar-refractivity contribution is 5.99. The first-order chi connectivity index (χ1) is 9.06. The fraction of sp³-hybridized carbons (Fsp3) is 0.533. The largest absolute Gasteiger partial charge is 0.385 e. The second-order valence-corrected chi connectivity index (χ2v) is 5.06. The molecule has 1 amide bonds. The molecule has 0 aromatic heterocycles. The topological polar surface area (TPSA) is 41.1 Å². The van der Waals surface area contributed by atoms with E-state index >= 15 is 0 Å². The van der Waals surface area contributed by atoms with E-state index in [4.69, 9.17) is 0 Å². The quantitative estimate of drug-likeness (QED) is 0.742. The van der Waals surface area contributed by atoms with Crippen LogP contribution in [-0.4, -0.2) is 19.5 Å². The van der Waals surface area contributed by atoms with Crippen molar-refractivity contribution in [3.8, 4) is 0 Å². The first kappa shape index (κ1) is 15.5. The molecule has 0 aliphatic heterocycles. The molecule has 0 aliphatic rings. The number of para-hydroxylation sites is 1. The molecule has 0 atom stereocenters. The van der Waals surface area contributed by atoms with Crippen molar-refractivity contribution in [3.05, 3.63) is 29.6 Å². The van der Waals surface area contributed by atoms with Gasteiger partial charge in [-0.2, -0.15) is 0 Å². The lowest BCUT2D eigenvalue weighted by atomic mass is 10.1. The van der Waals surface area contributed by atoms with Crippen LogP contribution in [0.1, 0.15) is 43.5 Å². The Balaban J connectivity index is 2.48. The lowest BCUT2D eigenvalue weighted by Crippen LogP contribution is -2.25.